The maximum atomic E-state index is 12.9. The number of hydrogen-bond donors (Lipinski definition) is 0. The van der Waals surface area contributed by atoms with E-state index in [0.29, 0.717) is 43.8 Å². The zero-order valence-corrected chi connectivity index (χ0v) is 15.0. The van der Waals surface area contributed by atoms with Crippen LogP contribution < -0.4 is 0 Å². The molecule has 0 atom stereocenters. The number of carbonyl (C=O) groups excluding carboxylic acids is 2. The third kappa shape index (κ3) is 2.91. The molecule has 1 aromatic heterocycles. The molecule has 0 unspecified atom stereocenters. The van der Waals surface area contributed by atoms with E-state index in [0.717, 1.165) is 23.4 Å². The summed E-state index contributed by atoms with van der Waals surface area (Å²) in [6.07, 6.45) is 4.64. The van der Waals surface area contributed by atoms with Gasteiger partial charge in [0.05, 0.1) is 11.8 Å². The zero-order valence-electron chi connectivity index (χ0n) is 14.2. The predicted octanol–water partition coefficient (Wildman–Crippen LogP) is 1.86. The minimum Gasteiger partial charge on any atom is -0.343 e. The Kier molecular flexibility index (Phi) is 4.59. The highest BCUT2D eigenvalue weighted by molar-refractivity contribution is 7.13. The molecule has 2 aliphatic rings. The van der Waals surface area contributed by atoms with Crippen molar-refractivity contribution in [3.63, 3.8) is 0 Å². The molecule has 24 heavy (non-hydrogen) atoms. The molecule has 1 fully saturated rings. The first-order valence-corrected chi connectivity index (χ1v) is 9.19. The average Bonchev–Trinajstić information content (AvgIpc) is 3.17. The fourth-order valence-corrected chi connectivity index (χ4v) is 4.62. The van der Waals surface area contributed by atoms with Crippen LogP contribution in [-0.2, 0) is 17.6 Å². The summed E-state index contributed by atoms with van der Waals surface area (Å²) >= 11 is 1.43. The maximum absolute atomic E-state index is 12.9. The summed E-state index contributed by atoms with van der Waals surface area (Å²) in [5.41, 5.74) is 0.120. The normalized spacial score (nSPS) is 19.3. The summed E-state index contributed by atoms with van der Waals surface area (Å²) in [4.78, 5) is 33.9. The lowest BCUT2D eigenvalue weighted by Gasteiger charge is -2.28. The standard InChI is InChI=1S/C17H22N4O2S/c1-20(2)15(22)14-19-12-5-9-21(10-6-13(12)24-14)16(23)17(11-18)7-3-4-8-17/h3-10H2,1-2H3. The lowest BCUT2D eigenvalue weighted by atomic mass is 9.86. The van der Waals surface area contributed by atoms with Crippen LogP contribution in [0, 0.1) is 16.7 Å². The van der Waals surface area contributed by atoms with Gasteiger partial charge < -0.3 is 9.80 Å². The van der Waals surface area contributed by atoms with E-state index in [1.807, 2.05) is 4.90 Å². The van der Waals surface area contributed by atoms with E-state index >= 15 is 0 Å². The van der Waals surface area contributed by atoms with E-state index in [-0.39, 0.29) is 11.8 Å². The van der Waals surface area contributed by atoms with Crippen molar-refractivity contribution in [1.29, 1.82) is 5.26 Å². The SMILES string of the molecule is CN(C)C(=O)c1nc2c(s1)CCN(C(=O)C1(C#N)CCCC1)CC2. The van der Waals surface area contributed by atoms with Gasteiger partial charge in [-0.25, -0.2) is 4.98 Å². The molecule has 7 heteroatoms. The molecule has 1 saturated carbocycles. The first-order valence-electron chi connectivity index (χ1n) is 8.38. The summed E-state index contributed by atoms with van der Waals surface area (Å²) in [6, 6.07) is 2.29. The van der Waals surface area contributed by atoms with Gasteiger partial charge in [-0.1, -0.05) is 12.8 Å². The van der Waals surface area contributed by atoms with Crippen LogP contribution in [0.15, 0.2) is 0 Å². The third-order valence-corrected chi connectivity index (χ3v) is 6.11. The van der Waals surface area contributed by atoms with Crippen molar-refractivity contribution in [2.24, 2.45) is 5.41 Å². The molecule has 0 spiro atoms. The Morgan fingerprint density at radius 1 is 1.25 bits per heavy atom. The first-order chi connectivity index (χ1) is 11.5. The van der Waals surface area contributed by atoms with E-state index in [1.165, 1.54) is 16.2 Å². The van der Waals surface area contributed by atoms with E-state index in [9.17, 15) is 14.9 Å². The maximum Gasteiger partial charge on any atom is 0.282 e. The van der Waals surface area contributed by atoms with Gasteiger partial charge in [0.25, 0.3) is 5.91 Å². The molecule has 0 bridgehead atoms. The number of carbonyl (C=O) groups is 2. The van der Waals surface area contributed by atoms with Crippen LogP contribution in [0.25, 0.3) is 0 Å². The quantitative estimate of drug-likeness (QED) is 0.819. The fraction of sp³-hybridized carbons (Fsp3) is 0.647. The van der Waals surface area contributed by atoms with E-state index in [4.69, 9.17) is 0 Å². The average molecular weight is 346 g/mol. The Hall–Kier alpha value is -1.94. The Morgan fingerprint density at radius 2 is 1.92 bits per heavy atom. The van der Waals surface area contributed by atoms with Crippen molar-refractivity contribution in [3.8, 4) is 6.07 Å². The van der Waals surface area contributed by atoms with E-state index in [1.54, 1.807) is 14.1 Å². The van der Waals surface area contributed by atoms with Crippen molar-refractivity contribution in [1.82, 2.24) is 14.8 Å². The smallest absolute Gasteiger partial charge is 0.282 e. The lowest BCUT2D eigenvalue weighted by Crippen LogP contribution is -2.43. The van der Waals surface area contributed by atoms with Crippen LogP contribution >= 0.6 is 11.3 Å². The van der Waals surface area contributed by atoms with Crippen LogP contribution in [0.1, 0.15) is 46.1 Å². The van der Waals surface area contributed by atoms with Gasteiger partial charge in [-0.3, -0.25) is 9.59 Å². The van der Waals surface area contributed by atoms with Crippen molar-refractivity contribution in [2.75, 3.05) is 27.2 Å². The van der Waals surface area contributed by atoms with E-state index in [2.05, 4.69) is 11.1 Å². The Labute approximate surface area is 146 Å². The summed E-state index contributed by atoms with van der Waals surface area (Å²) in [5, 5.41) is 10.0. The monoisotopic (exact) mass is 346 g/mol. The molecule has 128 valence electrons. The number of hydrogen-bond acceptors (Lipinski definition) is 5. The molecular formula is C17H22N4O2S. The highest BCUT2D eigenvalue weighted by Gasteiger charge is 2.44. The van der Waals surface area contributed by atoms with Gasteiger partial charge in [0, 0.05) is 44.9 Å². The molecule has 6 nitrogen and oxygen atoms in total. The van der Waals surface area contributed by atoms with Gasteiger partial charge in [-0.15, -0.1) is 11.3 Å². The Balaban J connectivity index is 1.73. The van der Waals surface area contributed by atoms with Gasteiger partial charge in [-0.05, 0) is 12.8 Å². The summed E-state index contributed by atoms with van der Waals surface area (Å²) in [6.45, 7) is 1.18. The van der Waals surface area contributed by atoms with Crippen LogP contribution in [0.3, 0.4) is 0 Å². The number of fused-ring (bicyclic) bond motifs is 1. The number of nitrogens with zero attached hydrogens (tertiary/aromatic N) is 4. The Bertz CT molecular complexity index is 672. The van der Waals surface area contributed by atoms with Crippen molar-refractivity contribution >= 4 is 23.2 Å². The van der Waals surface area contributed by atoms with Gasteiger partial charge in [0.1, 0.15) is 5.41 Å². The van der Waals surface area contributed by atoms with Crippen LogP contribution in [0.5, 0.6) is 0 Å². The van der Waals surface area contributed by atoms with Gasteiger partial charge in [-0.2, -0.15) is 5.26 Å². The number of rotatable bonds is 2. The second-order valence-corrected chi connectivity index (χ2v) is 7.87. The molecule has 0 radical (unpaired) electrons. The fourth-order valence-electron chi connectivity index (χ4n) is 3.50. The van der Waals surface area contributed by atoms with Gasteiger partial charge in [0.2, 0.25) is 5.91 Å². The summed E-state index contributed by atoms with van der Waals surface area (Å²) < 4.78 is 0. The topological polar surface area (TPSA) is 77.3 Å². The second kappa shape index (κ2) is 6.52. The number of nitriles is 1. The lowest BCUT2D eigenvalue weighted by molar-refractivity contribution is -0.138. The van der Waals surface area contributed by atoms with Crippen LogP contribution in [-0.4, -0.2) is 53.8 Å². The molecular weight excluding hydrogens is 324 g/mol. The van der Waals surface area contributed by atoms with Crippen molar-refractivity contribution in [2.45, 2.75) is 38.5 Å². The molecule has 1 aliphatic heterocycles. The third-order valence-electron chi connectivity index (χ3n) is 4.96. The molecule has 2 heterocycles. The highest BCUT2D eigenvalue weighted by atomic mass is 32.1. The zero-order chi connectivity index (χ0) is 17.3. The summed E-state index contributed by atoms with van der Waals surface area (Å²) in [5.74, 6) is -0.0855. The molecule has 2 amide bonds. The molecule has 3 rings (SSSR count). The first kappa shape index (κ1) is 16.9. The Morgan fingerprint density at radius 3 is 2.54 bits per heavy atom. The van der Waals surface area contributed by atoms with Gasteiger partial charge in [0.15, 0.2) is 5.01 Å². The molecule has 1 aromatic rings. The van der Waals surface area contributed by atoms with Crippen molar-refractivity contribution < 1.29 is 9.59 Å². The highest BCUT2D eigenvalue weighted by Crippen LogP contribution is 2.39. The minimum atomic E-state index is -0.808. The molecule has 0 N–H and O–H groups in total. The van der Waals surface area contributed by atoms with Crippen molar-refractivity contribution in [3.05, 3.63) is 15.6 Å². The van der Waals surface area contributed by atoms with Gasteiger partial charge >= 0.3 is 0 Å². The molecule has 1 aliphatic carbocycles. The molecule has 0 aromatic carbocycles. The second-order valence-electron chi connectivity index (χ2n) is 6.78. The number of thiazole rings is 1. The number of aromatic nitrogens is 1. The largest absolute Gasteiger partial charge is 0.343 e. The van der Waals surface area contributed by atoms with E-state index < -0.39 is 5.41 Å². The number of amides is 2. The van der Waals surface area contributed by atoms with Crippen LogP contribution in [0.2, 0.25) is 0 Å². The predicted molar refractivity (Wildman–Crippen MR) is 90.6 cm³/mol. The molecule has 0 saturated heterocycles. The minimum absolute atomic E-state index is 0.0118. The van der Waals surface area contributed by atoms with Crippen LogP contribution in [0.4, 0.5) is 0 Å². The summed E-state index contributed by atoms with van der Waals surface area (Å²) in [7, 11) is 3.44.